The van der Waals surface area contributed by atoms with Crippen LogP contribution in [0.2, 0.25) is 0 Å². The van der Waals surface area contributed by atoms with E-state index in [0.29, 0.717) is 24.2 Å². The molecule has 110 valence electrons. The number of carbonyl (C=O) groups is 2. The van der Waals surface area contributed by atoms with E-state index < -0.39 is 5.97 Å². The molecule has 0 spiro atoms. The Morgan fingerprint density at radius 2 is 2.00 bits per heavy atom. The van der Waals surface area contributed by atoms with Crippen LogP contribution in [0.1, 0.15) is 37.0 Å². The average Bonchev–Trinajstić information content (AvgIpc) is 2.31. The third-order valence-electron chi connectivity index (χ3n) is 2.84. The Morgan fingerprint density at radius 1 is 1.35 bits per heavy atom. The summed E-state index contributed by atoms with van der Waals surface area (Å²) in [6.07, 6.45) is 0.486. The van der Waals surface area contributed by atoms with Gasteiger partial charge in [0.1, 0.15) is 0 Å². The van der Waals surface area contributed by atoms with Gasteiger partial charge in [0.05, 0.1) is 0 Å². The fourth-order valence-electron chi connectivity index (χ4n) is 1.90. The van der Waals surface area contributed by atoms with Crippen molar-refractivity contribution in [3.8, 4) is 0 Å². The van der Waals surface area contributed by atoms with Gasteiger partial charge in [-0.05, 0) is 38.5 Å². The van der Waals surface area contributed by atoms with Crippen LogP contribution >= 0.6 is 15.9 Å². The smallest absolute Gasteiger partial charge is 0.303 e. The SMILES string of the molecule is CC(C)N(CCCC(=O)O)C(=O)c1cc(N)cc(Br)c1. The van der Waals surface area contributed by atoms with Gasteiger partial charge in [0.2, 0.25) is 0 Å². The number of nitrogens with two attached hydrogens (primary N) is 1. The molecule has 0 radical (unpaired) electrons. The first-order chi connectivity index (χ1) is 9.31. The van der Waals surface area contributed by atoms with Gasteiger partial charge in [-0.1, -0.05) is 15.9 Å². The van der Waals surface area contributed by atoms with Gasteiger partial charge in [0.15, 0.2) is 0 Å². The lowest BCUT2D eigenvalue weighted by Gasteiger charge is -2.27. The van der Waals surface area contributed by atoms with Crippen LogP contribution in [-0.4, -0.2) is 34.5 Å². The largest absolute Gasteiger partial charge is 0.481 e. The molecule has 1 rings (SSSR count). The Balaban J connectivity index is 2.85. The molecule has 1 amide bonds. The molecule has 0 aliphatic heterocycles. The highest BCUT2D eigenvalue weighted by molar-refractivity contribution is 9.10. The van der Waals surface area contributed by atoms with Crippen molar-refractivity contribution in [3.05, 3.63) is 28.2 Å². The molecule has 0 saturated carbocycles. The molecule has 0 aliphatic rings. The summed E-state index contributed by atoms with van der Waals surface area (Å²) < 4.78 is 0.745. The highest BCUT2D eigenvalue weighted by Crippen LogP contribution is 2.19. The van der Waals surface area contributed by atoms with Crippen molar-refractivity contribution in [3.63, 3.8) is 0 Å². The molecule has 0 heterocycles. The molecule has 1 aromatic carbocycles. The van der Waals surface area contributed by atoms with Crippen LogP contribution < -0.4 is 5.73 Å². The molecule has 0 saturated heterocycles. The van der Waals surface area contributed by atoms with E-state index in [9.17, 15) is 9.59 Å². The first-order valence-electron chi connectivity index (χ1n) is 6.40. The highest BCUT2D eigenvalue weighted by atomic mass is 79.9. The first kappa shape index (κ1) is 16.5. The molecular weight excluding hydrogens is 324 g/mol. The number of nitrogens with zero attached hydrogens (tertiary/aromatic N) is 1. The van der Waals surface area contributed by atoms with Crippen molar-refractivity contribution in [2.75, 3.05) is 12.3 Å². The maximum Gasteiger partial charge on any atom is 0.303 e. The number of rotatable bonds is 6. The molecule has 0 fully saturated rings. The van der Waals surface area contributed by atoms with Crippen molar-refractivity contribution in [1.29, 1.82) is 0 Å². The maximum absolute atomic E-state index is 12.5. The van der Waals surface area contributed by atoms with Crippen molar-refractivity contribution in [2.45, 2.75) is 32.7 Å². The topological polar surface area (TPSA) is 83.6 Å². The lowest BCUT2D eigenvalue weighted by atomic mass is 10.1. The molecule has 0 unspecified atom stereocenters. The van der Waals surface area contributed by atoms with Gasteiger partial charge in [-0.3, -0.25) is 9.59 Å². The number of aliphatic carboxylic acids is 1. The normalized spacial score (nSPS) is 10.6. The fourth-order valence-corrected chi connectivity index (χ4v) is 2.41. The summed E-state index contributed by atoms with van der Waals surface area (Å²) in [5.41, 5.74) is 6.75. The number of anilines is 1. The van der Waals surface area contributed by atoms with Crippen LogP contribution in [0, 0.1) is 0 Å². The molecule has 20 heavy (non-hydrogen) atoms. The summed E-state index contributed by atoms with van der Waals surface area (Å²) in [6.45, 7) is 4.22. The zero-order chi connectivity index (χ0) is 15.3. The van der Waals surface area contributed by atoms with Gasteiger partial charge in [-0.15, -0.1) is 0 Å². The number of hydrogen-bond acceptors (Lipinski definition) is 3. The zero-order valence-corrected chi connectivity index (χ0v) is 13.2. The molecular formula is C14H19BrN2O3. The minimum Gasteiger partial charge on any atom is -0.481 e. The van der Waals surface area contributed by atoms with Crippen molar-refractivity contribution >= 4 is 33.5 Å². The van der Waals surface area contributed by atoms with E-state index in [1.165, 1.54) is 0 Å². The van der Waals surface area contributed by atoms with E-state index in [1.54, 1.807) is 23.1 Å². The fraction of sp³-hybridized carbons (Fsp3) is 0.429. The minimum absolute atomic E-state index is 0.00324. The number of amides is 1. The van der Waals surface area contributed by atoms with E-state index in [1.807, 2.05) is 13.8 Å². The monoisotopic (exact) mass is 342 g/mol. The summed E-state index contributed by atoms with van der Waals surface area (Å²) >= 11 is 3.31. The number of benzene rings is 1. The lowest BCUT2D eigenvalue weighted by Crippen LogP contribution is -2.38. The van der Waals surface area contributed by atoms with E-state index in [-0.39, 0.29) is 18.4 Å². The van der Waals surface area contributed by atoms with Gasteiger partial charge in [0.25, 0.3) is 5.91 Å². The van der Waals surface area contributed by atoms with Crippen LogP contribution in [0.15, 0.2) is 22.7 Å². The van der Waals surface area contributed by atoms with Crippen LogP contribution in [0.25, 0.3) is 0 Å². The van der Waals surface area contributed by atoms with E-state index in [2.05, 4.69) is 15.9 Å². The number of carbonyl (C=O) groups excluding carboxylic acids is 1. The van der Waals surface area contributed by atoms with Gasteiger partial charge >= 0.3 is 5.97 Å². The summed E-state index contributed by atoms with van der Waals surface area (Å²) in [6, 6.07) is 5.06. The van der Waals surface area contributed by atoms with Gasteiger partial charge in [-0.25, -0.2) is 0 Å². The van der Waals surface area contributed by atoms with Crippen molar-refractivity contribution < 1.29 is 14.7 Å². The molecule has 0 bridgehead atoms. The summed E-state index contributed by atoms with van der Waals surface area (Å²) in [7, 11) is 0. The second kappa shape index (κ2) is 7.28. The Labute approximate surface area is 126 Å². The van der Waals surface area contributed by atoms with Crippen LogP contribution in [0.5, 0.6) is 0 Å². The Morgan fingerprint density at radius 3 is 2.50 bits per heavy atom. The molecule has 3 N–H and O–H groups in total. The first-order valence-corrected chi connectivity index (χ1v) is 7.19. The highest BCUT2D eigenvalue weighted by Gasteiger charge is 2.19. The Bertz CT molecular complexity index is 483. The third-order valence-corrected chi connectivity index (χ3v) is 3.30. The number of carboxylic acids is 1. The molecule has 0 aliphatic carbocycles. The zero-order valence-electron chi connectivity index (χ0n) is 11.6. The standard InChI is InChI=1S/C14H19BrN2O3/c1-9(2)17(5-3-4-13(18)19)14(20)10-6-11(15)8-12(16)7-10/h6-9H,3-5,16H2,1-2H3,(H,18,19). The summed E-state index contributed by atoms with van der Waals surface area (Å²) in [5.74, 6) is -0.994. The van der Waals surface area contributed by atoms with Crippen LogP contribution in [0.4, 0.5) is 5.69 Å². The second-order valence-electron chi connectivity index (χ2n) is 4.86. The van der Waals surface area contributed by atoms with Crippen molar-refractivity contribution in [2.24, 2.45) is 0 Å². The van der Waals surface area contributed by atoms with Gasteiger partial charge in [-0.2, -0.15) is 0 Å². The predicted molar refractivity (Wildman–Crippen MR) is 81.6 cm³/mol. The van der Waals surface area contributed by atoms with Crippen molar-refractivity contribution in [1.82, 2.24) is 4.90 Å². The van der Waals surface area contributed by atoms with Gasteiger partial charge < -0.3 is 15.7 Å². The van der Waals surface area contributed by atoms with E-state index in [0.717, 1.165) is 4.47 Å². The molecule has 0 aromatic heterocycles. The summed E-state index contributed by atoms with van der Waals surface area (Å²) in [4.78, 5) is 24.7. The third kappa shape index (κ3) is 4.85. The minimum atomic E-state index is -0.854. The molecule has 5 nitrogen and oxygen atoms in total. The second-order valence-corrected chi connectivity index (χ2v) is 5.78. The average molecular weight is 343 g/mol. The number of halogens is 1. The van der Waals surface area contributed by atoms with Crippen LogP contribution in [-0.2, 0) is 4.79 Å². The quantitative estimate of drug-likeness (QED) is 0.778. The number of hydrogen-bond donors (Lipinski definition) is 2. The summed E-state index contributed by atoms with van der Waals surface area (Å²) in [5, 5.41) is 8.67. The van der Waals surface area contributed by atoms with E-state index in [4.69, 9.17) is 10.8 Å². The Kier molecular flexibility index (Phi) is 6.01. The van der Waals surface area contributed by atoms with Crippen LogP contribution in [0.3, 0.4) is 0 Å². The molecule has 6 heteroatoms. The number of carboxylic acid groups (broad SMARTS) is 1. The molecule has 0 atom stereocenters. The van der Waals surface area contributed by atoms with E-state index >= 15 is 0 Å². The predicted octanol–water partition coefficient (Wildman–Crippen LogP) is 2.75. The molecule has 1 aromatic rings. The number of nitrogen functional groups attached to an aromatic ring is 1. The lowest BCUT2D eigenvalue weighted by molar-refractivity contribution is -0.137. The Hall–Kier alpha value is -1.56. The van der Waals surface area contributed by atoms with Gasteiger partial charge in [0, 0.05) is 34.7 Å². The maximum atomic E-state index is 12.5.